The average molecular weight is 310 g/mol. The number of aromatic nitrogens is 5. The van der Waals surface area contributed by atoms with Gasteiger partial charge in [0.25, 0.3) is 5.91 Å². The summed E-state index contributed by atoms with van der Waals surface area (Å²) in [6.07, 6.45) is 1.81. The largest absolute Gasteiger partial charge is 0.304 e. The molecule has 0 bridgehead atoms. The van der Waals surface area contributed by atoms with Crippen molar-refractivity contribution in [3.05, 3.63) is 59.5 Å². The van der Waals surface area contributed by atoms with Gasteiger partial charge in [0.2, 0.25) is 0 Å². The first-order valence-corrected chi connectivity index (χ1v) is 7.46. The molecule has 0 spiro atoms. The molecule has 3 rings (SSSR count). The van der Waals surface area contributed by atoms with Crippen LogP contribution in [-0.4, -0.2) is 30.7 Å². The third kappa shape index (κ3) is 3.28. The van der Waals surface area contributed by atoms with Crippen LogP contribution in [0.15, 0.2) is 42.6 Å². The second kappa shape index (κ2) is 6.43. The van der Waals surface area contributed by atoms with Gasteiger partial charge >= 0.3 is 0 Å². The van der Waals surface area contributed by atoms with Gasteiger partial charge in [-0.15, -0.1) is 5.10 Å². The Balaban J connectivity index is 1.74. The second-order valence-corrected chi connectivity index (χ2v) is 5.18. The molecule has 0 aliphatic carbocycles. The van der Waals surface area contributed by atoms with Crippen LogP contribution in [0.5, 0.6) is 0 Å². The molecule has 0 atom stereocenters. The topological polar surface area (TPSA) is 77.6 Å². The molecule has 118 valence electrons. The van der Waals surface area contributed by atoms with E-state index >= 15 is 0 Å². The van der Waals surface area contributed by atoms with Crippen molar-refractivity contribution in [3.63, 3.8) is 0 Å². The van der Waals surface area contributed by atoms with Gasteiger partial charge in [-0.05, 0) is 19.4 Å². The third-order valence-electron chi connectivity index (χ3n) is 3.58. The summed E-state index contributed by atoms with van der Waals surface area (Å²) in [7, 11) is 0. The maximum Gasteiger partial charge on any atom is 0.279 e. The highest BCUT2D eigenvalue weighted by Crippen LogP contribution is 2.10. The quantitative estimate of drug-likeness (QED) is 0.783. The molecule has 0 aliphatic heterocycles. The van der Waals surface area contributed by atoms with E-state index in [1.807, 2.05) is 50.4 Å². The fraction of sp³-hybridized carbons (Fsp3) is 0.250. The first-order chi connectivity index (χ1) is 11.2. The molecule has 0 fully saturated rings. The Morgan fingerprint density at radius 1 is 1.22 bits per heavy atom. The molecule has 0 unspecified atom stereocenters. The molecule has 23 heavy (non-hydrogen) atoms. The molecule has 0 radical (unpaired) electrons. The molecule has 2 aromatic heterocycles. The summed E-state index contributed by atoms with van der Waals surface area (Å²) in [6, 6.07) is 11.7. The van der Waals surface area contributed by atoms with Crippen LogP contribution >= 0.6 is 0 Å². The molecule has 1 N–H and O–H groups in total. The third-order valence-corrected chi connectivity index (χ3v) is 3.58. The van der Waals surface area contributed by atoms with E-state index < -0.39 is 0 Å². The van der Waals surface area contributed by atoms with Gasteiger partial charge < -0.3 is 5.32 Å². The normalized spacial score (nSPS) is 10.7. The zero-order chi connectivity index (χ0) is 16.2. The standard InChI is InChI=1S/C16H18N6O/c1-3-21-10-9-14(19-21)17-16(23)15-12(2)22(20-18-15)11-13-7-5-4-6-8-13/h4-10H,3,11H2,1-2H3,(H,17,19,23). The number of nitrogens with zero attached hydrogens (tertiary/aromatic N) is 5. The lowest BCUT2D eigenvalue weighted by Crippen LogP contribution is -2.15. The minimum Gasteiger partial charge on any atom is -0.304 e. The first kappa shape index (κ1) is 15.0. The summed E-state index contributed by atoms with van der Waals surface area (Å²) >= 11 is 0. The molecule has 1 aromatic carbocycles. The Bertz CT molecular complexity index is 805. The van der Waals surface area contributed by atoms with Crippen LogP contribution in [0.4, 0.5) is 5.82 Å². The summed E-state index contributed by atoms with van der Waals surface area (Å²) in [4.78, 5) is 12.3. The monoisotopic (exact) mass is 310 g/mol. The SMILES string of the molecule is CCn1ccc(NC(=O)c2nnn(Cc3ccccc3)c2C)n1. The Morgan fingerprint density at radius 2 is 2.00 bits per heavy atom. The lowest BCUT2D eigenvalue weighted by molar-refractivity contribution is 0.102. The van der Waals surface area contributed by atoms with Crippen LogP contribution in [0, 0.1) is 6.92 Å². The van der Waals surface area contributed by atoms with Crippen molar-refractivity contribution in [2.75, 3.05) is 5.32 Å². The van der Waals surface area contributed by atoms with Gasteiger partial charge in [-0.3, -0.25) is 9.48 Å². The number of amides is 1. The number of anilines is 1. The van der Waals surface area contributed by atoms with Crippen molar-refractivity contribution in [1.29, 1.82) is 0 Å². The van der Waals surface area contributed by atoms with E-state index in [2.05, 4.69) is 20.7 Å². The van der Waals surface area contributed by atoms with Gasteiger partial charge in [0, 0.05) is 18.8 Å². The number of hydrogen-bond acceptors (Lipinski definition) is 4. The van der Waals surface area contributed by atoms with E-state index in [9.17, 15) is 4.79 Å². The van der Waals surface area contributed by atoms with Crippen LogP contribution in [0.1, 0.15) is 28.7 Å². The molecular weight excluding hydrogens is 292 g/mol. The number of rotatable bonds is 5. The number of carbonyl (C=O) groups excluding carboxylic acids is 1. The molecular formula is C16H18N6O. The van der Waals surface area contributed by atoms with E-state index in [1.165, 1.54) is 0 Å². The molecule has 7 nitrogen and oxygen atoms in total. The van der Waals surface area contributed by atoms with E-state index in [-0.39, 0.29) is 5.91 Å². The lowest BCUT2D eigenvalue weighted by Gasteiger charge is -2.04. The summed E-state index contributed by atoms with van der Waals surface area (Å²) in [5, 5.41) is 15.0. The highest BCUT2D eigenvalue weighted by molar-refractivity contribution is 6.02. The van der Waals surface area contributed by atoms with Gasteiger partial charge in [0.15, 0.2) is 11.5 Å². The van der Waals surface area contributed by atoms with Crippen LogP contribution in [-0.2, 0) is 13.1 Å². The molecule has 2 heterocycles. The number of nitrogens with one attached hydrogen (secondary N) is 1. The first-order valence-electron chi connectivity index (χ1n) is 7.46. The van der Waals surface area contributed by atoms with Crippen molar-refractivity contribution in [3.8, 4) is 0 Å². The molecule has 7 heteroatoms. The Hall–Kier alpha value is -2.96. The number of aryl methyl sites for hydroxylation is 1. The number of hydrogen-bond donors (Lipinski definition) is 1. The predicted octanol–water partition coefficient (Wildman–Crippen LogP) is 2.10. The summed E-state index contributed by atoms with van der Waals surface area (Å²) in [5.41, 5.74) is 2.14. The smallest absolute Gasteiger partial charge is 0.279 e. The van der Waals surface area contributed by atoms with Gasteiger partial charge in [-0.25, -0.2) is 4.68 Å². The molecule has 0 aliphatic rings. The minimum atomic E-state index is -0.303. The fourth-order valence-electron chi connectivity index (χ4n) is 2.26. The van der Waals surface area contributed by atoms with Gasteiger partial charge in [0.1, 0.15) is 0 Å². The number of benzene rings is 1. The van der Waals surface area contributed by atoms with Gasteiger partial charge in [-0.2, -0.15) is 5.10 Å². The van der Waals surface area contributed by atoms with Gasteiger partial charge in [0.05, 0.1) is 12.2 Å². The average Bonchev–Trinajstić information content (AvgIpc) is 3.16. The van der Waals surface area contributed by atoms with Crippen LogP contribution < -0.4 is 5.32 Å². The van der Waals surface area contributed by atoms with Crippen molar-refractivity contribution in [1.82, 2.24) is 24.8 Å². The Kier molecular flexibility index (Phi) is 4.18. The maximum atomic E-state index is 12.3. The Labute approximate surface area is 133 Å². The highest BCUT2D eigenvalue weighted by atomic mass is 16.2. The molecule has 0 saturated heterocycles. The highest BCUT2D eigenvalue weighted by Gasteiger charge is 2.17. The second-order valence-electron chi connectivity index (χ2n) is 5.18. The fourth-order valence-corrected chi connectivity index (χ4v) is 2.26. The van der Waals surface area contributed by atoms with Crippen molar-refractivity contribution < 1.29 is 4.79 Å². The van der Waals surface area contributed by atoms with Crippen LogP contribution in [0.3, 0.4) is 0 Å². The Morgan fingerprint density at radius 3 is 2.70 bits per heavy atom. The van der Waals surface area contributed by atoms with Crippen molar-refractivity contribution in [2.24, 2.45) is 0 Å². The zero-order valence-corrected chi connectivity index (χ0v) is 13.1. The molecule has 3 aromatic rings. The maximum absolute atomic E-state index is 12.3. The molecule has 1 amide bonds. The summed E-state index contributed by atoms with van der Waals surface area (Å²) < 4.78 is 3.46. The molecule has 0 saturated carbocycles. The van der Waals surface area contributed by atoms with Crippen molar-refractivity contribution >= 4 is 11.7 Å². The van der Waals surface area contributed by atoms with Crippen molar-refractivity contribution in [2.45, 2.75) is 26.9 Å². The lowest BCUT2D eigenvalue weighted by atomic mass is 10.2. The van der Waals surface area contributed by atoms with E-state index in [1.54, 1.807) is 15.4 Å². The zero-order valence-electron chi connectivity index (χ0n) is 13.1. The van der Waals surface area contributed by atoms with Gasteiger partial charge in [-0.1, -0.05) is 35.5 Å². The van der Waals surface area contributed by atoms with Crippen LogP contribution in [0.25, 0.3) is 0 Å². The van der Waals surface area contributed by atoms with E-state index in [4.69, 9.17) is 0 Å². The van der Waals surface area contributed by atoms with Crippen LogP contribution in [0.2, 0.25) is 0 Å². The predicted molar refractivity (Wildman–Crippen MR) is 86.2 cm³/mol. The minimum absolute atomic E-state index is 0.303. The summed E-state index contributed by atoms with van der Waals surface area (Å²) in [5.74, 6) is 0.206. The van der Waals surface area contributed by atoms with E-state index in [0.29, 0.717) is 18.1 Å². The van der Waals surface area contributed by atoms with E-state index in [0.717, 1.165) is 17.8 Å². The number of carbonyl (C=O) groups is 1. The summed E-state index contributed by atoms with van der Waals surface area (Å²) in [6.45, 7) is 5.15.